The topological polar surface area (TPSA) is 30.4 Å². The Kier molecular flexibility index (Phi) is 7.91. The van der Waals surface area contributed by atoms with Crippen LogP contribution in [-0.4, -0.2) is 10.3 Å². The zero-order valence-corrected chi connectivity index (χ0v) is 34.0. The number of allylic oxidation sites excluding steroid dienone is 2. The monoisotopic (exact) mass is 786 g/mol. The van der Waals surface area contributed by atoms with Gasteiger partial charge in [-0.15, -0.1) is 11.3 Å². The van der Waals surface area contributed by atoms with Gasteiger partial charge in [-0.2, -0.15) is 0 Å². The molecule has 60 heavy (non-hydrogen) atoms. The average molecular weight is 787 g/mol. The highest BCUT2D eigenvalue weighted by molar-refractivity contribution is 7.26. The third-order valence-corrected chi connectivity index (χ3v) is 13.5. The molecular weight excluding hydrogens is 749 g/mol. The average Bonchev–Trinajstić information content (AvgIpc) is 3.96. The molecule has 0 unspecified atom stereocenters. The van der Waals surface area contributed by atoms with Crippen molar-refractivity contribution in [3.05, 3.63) is 205 Å². The van der Waals surface area contributed by atoms with Crippen molar-refractivity contribution in [2.45, 2.75) is 19.9 Å². The first-order valence-electron chi connectivity index (χ1n) is 20.6. The fourth-order valence-corrected chi connectivity index (χ4v) is 10.5. The number of hydrogen-bond donors (Lipinski definition) is 0. The van der Waals surface area contributed by atoms with Crippen LogP contribution >= 0.6 is 11.3 Å². The number of aliphatic imine (C=N–C) groups is 1. The highest BCUT2D eigenvalue weighted by Gasteiger charge is 2.21. The van der Waals surface area contributed by atoms with Crippen LogP contribution in [0.1, 0.15) is 36.6 Å². The molecule has 0 radical (unpaired) electrons. The molecule has 12 aromatic rings. The van der Waals surface area contributed by atoms with E-state index in [1.54, 1.807) is 0 Å². The van der Waals surface area contributed by atoms with Crippen LogP contribution in [0.25, 0.3) is 96.7 Å². The fourth-order valence-electron chi connectivity index (χ4n) is 9.29. The Bertz CT molecular complexity index is 3750. The maximum absolute atomic E-state index is 6.64. The molecule has 284 valence electrons. The van der Waals surface area contributed by atoms with Crippen LogP contribution in [0.5, 0.6) is 0 Å². The number of aromatic nitrogens is 1. The van der Waals surface area contributed by atoms with Crippen LogP contribution < -0.4 is 0 Å². The largest absolute Gasteiger partial charge is 0.455 e. The zero-order chi connectivity index (χ0) is 39.9. The lowest BCUT2D eigenvalue weighted by molar-refractivity contribution is 0.668. The van der Waals surface area contributed by atoms with Gasteiger partial charge in [0.2, 0.25) is 0 Å². The molecule has 3 nitrogen and oxygen atoms in total. The standard InChI is InChI=1S/C56H38N2OS/c1-34(27-49(57-35(2)36-15-4-3-5-16-36)45-24-14-23-44-43-22-11-13-26-53(43)59-55(44)45)41-30-48-47-29-38-18-7-9-20-40(38)33-54(47)60-56(48)52(32-41)58-50-25-12-10-21-42(50)46-28-37-17-6-8-19-39(37)31-51(46)58/h3-33,35H,1-2H3/b34-27+,57-49+/t35-/m0/s1. The maximum atomic E-state index is 6.64. The first-order valence-corrected chi connectivity index (χ1v) is 21.4. The molecule has 4 heteroatoms. The predicted octanol–water partition coefficient (Wildman–Crippen LogP) is 16.0. The number of fused-ring (bicyclic) bond motifs is 11. The maximum Gasteiger partial charge on any atom is 0.144 e. The normalized spacial score (nSPS) is 13.3. The van der Waals surface area contributed by atoms with E-state index in [1.807, 2.05) is 23.5 Å². The van der Waals surface area contributed by atoms with E-state index in [1.165, 1.54) is 69.2 Å². The number of thiophene rings is 1. The van der Waals surface area contributed by atoms with Crippen LogP contribution in [-0.2, 0) is 0 Å². The Balaban J connectivity index is 1.15. The van der Waals surface area contributed by atoms with Crippen molar-refractivity contribution in [2.75, 3.05) is 0 Å². The molecule has 0 saturated carbocycles. The van der Waals surface area contributed by atoms with Crippen molar-refractivity contribution in [3.63, 3.8) is 0 Å². The van der Waals surface area contributed by atoms with Crippen molar-refractivity contribution < 1.29 is 4.42 Å². The number of furan rings is 1. The van der Waals surface area contributed by atoms with Crippen LogP contribution in [0.3, 0.4) is 0 Å². The van der Waals surface area contributed by atoms with Gasteiger partial charge in [-0.3, -0.25) is 4.99 Å². The highest BCUT2D eigenvalue weighted by Crippen LogP contribution is 2.44. The molecule has 0 N–H and O–H groups in total. The number of hydrogen-bond acceptors (Lipinski definition) is 3. The molecule has 3 aromatic heterocycles. The number of rotatable bonds is 6. The molecule has 0 amide bonds. The van der Waals surface area contributed by atoms with E-state index in [4.69, 9.17) is 9.41 Å². The van der Waals surface area contributed by atoms with E-state index in [0.29, 0.717) is 0 Å². The minimum Gasteiger partial charge on any atom is -0.455 e. The zero-order valence-electron chi connectivity index (χ0n) is 33.2. The van der Waals surface area contributed by atoms with Crippen LogP contribution in [0, 0.1) is 0 Å². The molecule has 9 aromatic carbocycles. The Morgan fingerprint density at radius 2 is 1.22 bits per heavy atom. The second-order valence-corrected chi connectivity index (χ2v) is 17.0. The molecule has 0 aliphatic heterocycles. The predicted molar refractivity (Wildman–Crippen MR) is 257 cm³/mol. The molecule has 0 bridgehead atoms. The van der Waals surface area contributed by atoms with Gasteiger partial charge in [0.05, 0.1) is 33.2 Å². The Labute approximate surface area is 350 Å². The van der Waals surface area contributed by atoms with E-state index < -0.39 is 0 Å². The fraction of sp³-hybridized carbons (Fsp3) is 0.0536. The number of nitrogens with zero attached hydrogens (tertiary/aromatic N) is 2. The van der Waals surface area contributed by atoms with Crippen LogP contribution in [0.4, 0.5) is 0 Å². The van der Waals surface area contributed by atoms with Gasteiger partial charge in [-0.1, -0.05) is 127 Å². The molecule has 1 atom stereocenters. The highest BCUT2D eigenvalue weighted by atomic mass is 32.1. The summed E-state index contributed by atoms with van der Waals surface area (Å²) in [5, 5.41) is 12.2. The first-order chi connectivity index (χ1) is 29.6. The lowest BCUT2D eigenvalue weighted by Crippen LogP contribution is -2.03. The van der Waals surface area contributed by atoms with Gasteiger partial charge < -0.3 is 8.98 Å². The van der Waals surface area contributed by atoms with Gasteiger partial charge in [0, 0.05) is 42.6 Å². The van der Waals surface area contributed by atoms with Gasteiger partial charge in [-0.25, -0.2) is 0 Å². The molecule has 0 aliphatic carbocycles. The van der Waals surface area contributed by atoms with Gasteiger partial charge in [-0.05, 0) is 113 Å². The summed E-state index contributed by atoms with van der Waals surface area (Å²) in [6.07, 6.45) is 2.27. The lowest BCUT2D eigenvalue weighted by atomic mass is 9.97. The molecule has 3 heterocycles. The van der Waals surface area contributed by atoms with Crippen molar-refractivity contribution in [1.29, 1.82) is 0 Å². The summed E-state index contributed by atoms with van der Waals surface area (Å²) in [4.78, 5) is 5.50. The first kappa shape index (κ1) is 34.7. The molecule has 12 rings (SSSR count). The summed E-state index contributed by atoms with van der Waals surface area (Å²) in [5.74, 6) is 0. The summed E-state index contributed by atoms with van der Waals surface area (Å²) < 4.78 is 11.7. The molecule has 0 aliphatic rings. The summed E-state index contributed by atoms with van der Waals surface area (Å²) in [6.45, 7) is 4.41. The van der Waals surface area contributed by atoms with Crippen molar-refractivity contribution in [3.8, 4) is 5.69 Å². The minimum absolute atomic E-state index is 0.0792. The van der Waals surface area contributed by atoms with E-state index >= 15 is 0 Å². The summed E-state index contributed by atoms with van der Waals surface area (Å²) in [5.41, 5.74) is 10.6. The Hall–Kier alpha value is -7.27. The van der Waals surface area contributed by atoms with Gasteiger partial charge in [0.1, 0.15) is 11.2 Å². The molecule has 0 fully saturated rings. The van der Waals surface area contributed by atoms with Crippen molar-refractivity contribution in [2.24, 2.45) is 4.99 Å². The second-order valence-electron chi connectivity index (χ2n) is 15.9. The van der Waals surface area contributed by atoms with Crippen LogP contribution in [0.15, 0.2) is 197 Å². The Morgan fingerprint density at radius 1 is 0.567 bits per heavy atom. The smallest absolute Gasteiger partial charge is 0.144 e. The number of para-hydroxylation sites is 3. The quantitative estimate of drug-likeness (QED) is 0.154. The summed E-state index contributed by atoms with van der Waals surface area (Å²) >= 11 is 1.89. The molecular formula is C56H38N2OS. The minimum atomic E-state index is -0.0792. The lowest BCUT2D eigenvalue weighted by Gasteiger charge is -2.14. The van der Waals surface area contributed by atoms with E-state index in [2.05, 4.69) is 194 Å². The SMILES string of the molecule is C/C(=C\C(=N/[C@@H](C)c1ccccc1)c1cccc2c1oc1ccccc12)c1cc(-n2c3ccccc3c3cc4ccccc4cc32)c2sc3cc4ccccc4cc3c2c1. The molecule has 0 saturated heterocycles. The third kappa shape index (κ3) is 5.52. The second kappa shape index (κ2) is 13.7. The summed E-state index contributed by atoms with van der Waals surface area (Å²) in [7, 11) is 0. The van der Waals surface area contributed by atoms with E-state index in [-0.39, 0.29) is 6.04 Å². The van der Waals surface area contributed by atoms with Crippen molar-refractivity contribution >= 4 is 108 Å². The number of benzene rings is 9. The summed E-state index contributed by atoms with van der Waals surface area (Å²) in [6, 6.07) is 65.8. The van der Waals surface area contributed by atoms with E-state index in [9.17, 15) is 0 Å². The van der Waals surface area contributed by atoms with Gasteiger partial charge in [0.15, 0.2) is 0 Å². The van der Waals surface area contributed by atoms with Gasteiger partial charge >= 0.3 is 0 Å². The van der Waals surface area contributed by atoms with Crippen LogP contribution in [0.2, 0.25) is 0 Å². The van der Waals surface area contributed by atoms with E-state index in [0.717, 1.165) is 49.9 Å². The van der Waals surface area contributed by atoms with Crippen molar-refractivity contribution in [1.82, 2.24) is 4.57 Å². The third-order valence-electron chi connectivity index (χ3n) is 12.3. The van der Waals surface area contributed by atoms with Gasteiger partial charge in [0.25, 0.3) is 0 Å². The molecule has 0 spiro atoms. The Morgan fingerprint density at radius 3 is 2.02 bits per heavy atom.